The van der Waals surface area contributed by atoms with Crippen LogP contribution in [0.3, 0.4) is 0 Å². The Hall–Kier alpha value is -5.60. The van der Waals surface area contributed by atoms with Crippen LogP contribution in [0.25, 0.3) is 84.7 Å². The fraction of sp³-hybridized carbons (Fsp3) is 0. The number of fused-ring (bicyclic) bond motifs is 9. The normalized spacial score (nSPS) is 11.7. The van der Waals surface area contributed by atoms with Crippen LogP contribution in [0, 0.1) is 22.7 Å². The van der Waals surface area contributed by atoms with Gasteiger partial charge in [-0.3, -0.25) is 0 Å². The van der Waals surface area contributed by atoms with Crippen molar-refractivity contribution in [3.05, 3.63) is 109 Å². The van der Waals surface area contributed by atoms with Gasteiger partial charge in [-0.25, -0.2) is 9.97 Å². The lowest BCUT2D eigenvalue weighted by Crippen LogP contribution is -1.92. The second-order valence-corrected chi connectivity index (χ2v) is 12.6. The summed E-state index contributed by atoms with van der Waals surface area (Å²) in [4.78, 5) is 8.29. The molecule has 0 spiro atoms. The van der Waals surface area contributed by atoms with Crippen LogP contribution in [0.1, 0.15) is 11.5 Å². The van der Waals surface area contributed by atoms with E-state index in [1.807, 2.05) is 41.7 Å². The summed E-state index contributed by atoms with van der Waals surface area (Å²) in [5, 5.41) is 24.7. The molecule has 0 bridgehead atoms. The molecule has 0 aliphatic carbocycles. The van der Waals surface area contributed by atoms with Crippen LogP contribution in [0.4, 0.5) is 0 Å². The first-order valence-corrected chi connectivity index (χ1v) is 15.2. The smallest absolute Gasteiger partial charge is 0.234 e. The van der Waals surface area contributed by atoms with Crippen molar-refractivity contribution in [1.29, 1.82) is 10.5 Å². The highest BCUT2D eigenvalue weighted by molar-refractivity contribution is 7.26. The van der Waals surface area contributed by atoms with E-state index in [0.717, 1.165) is 16.5 Å². The van der Waals surface area contributed by atoms with Gasteiger partial charge in [0.2, 0.25) is 5.82 Å². The second-order valence-electron chi connectivity index (χ2n) is 10.4. The average molecular weight is 585 g/mol. The molecule has 0 atom stereocenters. The molecule has 0 amide bonds. The lowest BCUT2D eigenvalue weighted by Gasteiger charge is -2.04. The monoisotopic (exact) mass is 584 g/mol. The Morgan fingerprint density at radius 1 is 0.535 bits per heavy atom. The number of benzene rings is 5. The van der Waals surface area contributed by atoms with Crippen molar-refractivity contribution in [3.8, 4) is 34.4 Å². The predicted octanol–water partition coefficient (Wildman–Crippen LogP) is 10.2. The van der Waals surface area contributed by atoms with Crippen LogP contribution in [0.2, 0.25) is 0 Å². The summed E-state index contributed by atoms with van der Waals surface area (Å²) in [6.07, 6.45) is 0. The Labute approximate surface area is 252 Å². The van der Waals surface area contributed by atoms with E-state index in [0.29, 0.717) is 16.7 Å². The Morgan fingerprint density at radius 3 is 1.88 bits per heavy atom. The highest BCUT2D eigenvalue weighted by Gasteiger charge is 2.17. The van der Waals surface area contributed by atoms with Crippen molar-refractivity contribution in [2.75, 3.05) is 0 Å². The highest BCUT2D eigenvalue weighted by Crippen LogP contribution is 2.41. The van der Waals surface area contributed by atoms with Gasteiger partial charge in [-0.2, -0.15) is 10.5 Å². The van der Waals surface area contributed by atoms with E-state index < -0.39 is 0 Å². The van der Waals surface area contributed by atoms with E-state index in [-0.39, 0.29) is 11.5 Å². The number of aromatic nitrogens is 2. The summed E-state index contributed by atoms with van der Waals surface area (Å²) in [7, 11) is 0. The molecule has 0 N–H and O–H groups in total. The average Bonchev–Trinajstić information content (AvgIpc) is 3.73. The van der Waals surface area contributed by atoms with E-state index in [1.165, 1.54) is 51.5 Å². The second kappa shape index (κ2) is 8.95. The quantitative estimate of drug-likeness (QED) is 0.202. The predicted molar refractivity (Wildman–Crippen MR) is 175 cm³/mol. The molecule has 4 aromatic heterocycles. The SMILES string of the molecule is N#Cc1nc(C#N)c2oc3cc(-c4ccc5c(c4)sc4ccc(-c6ccc7c(c6)sc6ccccc67)cc45)ccc3c2n1. The van der Waals surface area contributed by atoms with Crippen LogP contribution in [0.15, 0.2) is 101 Å². The van der Waals surface area contributed by atoms with Gasteiger partial charge in [-0.15, -0.1) is 22.7 Å². The third-order valence-corrected chi connectivity index (χ3v) is 10.3. The molecule has 0 aliphatic rings. The first-order valence-electron chi connectivity index (χ1n) is 13.6. The Morgan fingerprint density at radius 2 is 1.14 bits per heavy atom. The maximum Gasteiger partial charge on any atom is 0.234 e. The standard InChI is InChI=1S/C36H16N4OS2/c37-17-28-36-35(40-34(18-38)39-28)26-11-7-20(14-29(26)41-36)22-6-10-25-27-13-19(8-12-31(27)43-33(25)16-22)21-5-9-24-23-3-1-2-4-30(23)42-32(24)15-21/h1-16H. The van der Waals surface area contributed by atoms with Crippen LogP contribution in [-0.2, 0) is 0 Å². The third-order valence-electron chi connectivity index (χ3n) is 8.04. The summed E-state index contributed by atoms with van der Waals surface area (Å²) in [6.45, 7) is 0. The van der Waals surface area contributed by atoms with Crippen LogP contribution in [0.5, 0.6) is 0 Å². The molecule has 0 saturated heterocycles. The van der Waals surface area contributed by atoms with E-state index in [1.54, 1.807) is 11.3 Å². The summed E-state index contributed by atoms with van der Waals surface area (Å²) in [6, 6.07) is 38.6. The molecule has 5 aromatic carbocycles. The Balaban J connectivity index is 1.13. The minimum Gasteiger partial charge on any atom is -0.451 e. The van der Waals surface area contributed by atoms with Crippen LogP contribution < -0.4 is 0 Å². The topological polar surface area (TPSA) is 86.5 Å². The van der Waals surface area contributed by atoms with Crippen molar-refractivity contribution in [3.63, 3.8) is 0 Å². The van der Waals surface area contributed by atoms with Gasteiger partial charge in [0.15, 0.2) is 11.3 Å². The zero-order valence-electron chi connectivity index (χ0n) is 22.3. The number of nitriles is 2. The minimum absolute atomic E-state index is 0.0465. The molecule has 7 heteroatoms. The molecule has 9 aromatic rings. The molecule has 0 aliphatic heterocycles. The lowest BCUT2D eigenvalue weighted by atomic mass is 10.00. The van der Waals surface area contributed by atoms with E-state index in [2.05, 4.69) is 88.8 Å². The number of hydrogen-bond donors (Lipinski definition) is 0. The molecule has 9 rings (SSSR count). The Bertz CT molecular complexity index is 2720. The van der Waals surface area contributed by atoms with Gasteiger partial charge in [-0.05, 0) is 64.7 Å². The van der Waals surface area contributed by atoms with Gasteiger partial charge in [-0.1, -0.05) is 54.6 Å². The van der Waals surface area contributed by atoms with E-state index in [4.69, 9.17) is 4.42 Å². The third kappa shape index (κ3) is 3.60. The van der Waals surface area contributed by atoms with Crippen molar-refractivity contribution >= 4 is 85.1 Å². The van der Waals surface area contributed by atoms with Gasteiger partial charge >= 0.3 is 0 Å². The number of hydrogen-bond acceptors (Lipinski definition) is 7. The number of thiophene rings is 2. The number of rotatable bonds is 2. The Kier molecular flexibility index (Phi) is 5.00. The minimum atomic E-state index is -0.0465. The fourth-order valence-electron chi connectivity index (χ4n) is 5.99. The van der Waals surface area contributed by atoms with Gasteiger partial charge in [0.05, 0.1) is 0 Å². The molecular weight excluding hydrogens is 569 g/mol. The van der Waals surface area contributed by atoms with Crippen molar-refractivity contribution in [2.45, 2.75) is 0 Å². The van der Waals surface area contributed by atoms with Crippen molar-refractivity contribution in [1.82, 2.24) is 9.97 Å². The first-order chi connectivity index (χ1) is 21.2. The molecule has 198 valence electrons. The maximum absolute atomic E-state index is 9.52. The fourth-order valence-corrected chi connectivity index (χ4v) is 8.26. The molecule has 4 heterocycles. The molecule has 0 radical (unpaired) electrons. The molecule has 0 saturated carbocycles. The molecule has 0 unspecified atom stereocenters. The summed E-state index contributed by atoms with van der Waals surface area (Å²) in [5.41, 5.74) is 5.95. The van der Waals surface area contributed by atoms with Gasteiger partial charge in [0.25, 0.3) is 0 Å². The first kappa shape index (κ1) is 24.0. The zero-order valence-corrected chi connectivity index (χ0v) is 23.9. The summed E-state index contributed by atoms with van der Waals surface area (Å²) in [5.74, 6) is -0.0465. The lowest BCUT2D eigenvalue weighted by molar-refractivity contribution is 0.664. The maximum atomic E-state index is 9.52. The highest BCUT2D eigenvalue weighted by atomic mass is 32.1. The van der Waals surface area contributed by atoms with Crippen molar-refractivity contribution in [2.24, 2.45) is 0 Å². The molecular formula is C36H16N4OS2. The molecule has 0 fully saturated rings. The van der Waals surface area contributed by atoms with Gasteiger partial charge in [0.1, 0.15) is 23.2 Å². The summed E-state index contributed by atoms with van der Waals surface area (Å²) >= 11 is 3.63. The van der Waals surface area contributed by atoms with Crippen molar-refractivity contribution < 1.29 is 4.42 Å². The van der Waals surface area contributed by atoms with Crippen LogP contribution in [-0.4, -0.2) is 9.97 Å². The number of furan rings is 1. The van der Waals surface area contributed by atoms with E-state index in [9.17, 15) is 10.5 Å². The van der Waals surface area contributed by atoms with E-state index >= 15 is 0 Å². The summed E-state index contributed by atoms with van der Waals surface area (Å²) < 4.78 is 11.1. The van der Waals surface area contributed by atoms with Gasteiger partial charge in [0, 0.05) is 45.7 Å². The van der Waals surface area contributed by atoms with Crippen LogP contribution >= 0.6 is 22.7 Å². The number of nitrogens with zero attached hydrogens (tertiary/aromatic N) is 4. The largest absolute Gasteiger partial charge is 0.451 e. The molecule has 5 nitrogen and oxygen atoms in total. The van der Waals surface area contributed by atoms with Gasteiger partial charge < -0.3 is 4.42 Å². The zero-order chi connectivity index (χ0) is 28.7. The molecule has 43 heavy (non-hydrogen) atoms.